The summed E-state index contributed by atoms with van der Waals surface area (Å²) in [6.07, 6.45) is 3.45. The second kappa shape index (κ2) is 11.4. The molecule has 10 heteroatoms. The number of aryl methyl sites for hydroxylation is 1. The number of rotatable bonds is 5. The second-order valence-electron chi connectivity index (χ2n) is 9.63. The van der Waals surface area contributed by atoms with Crippen LogP contribution in [0.25, 0.3) is 11.8 Å². The average Bonchev–Trinajstić information content (AvgIpc) is 3.27. The smallest absolute Gasteiger partial charge is 0.308 e. The van der Waals surface area contributed by atoms with E-state index in [0.29, 0.717) is 32.1 Å². The van der Waals surface area contributed by atoms with Crippen molar-refractivity contribution >= 4 is 74.3 Å². The topological polar surface area (TPSA) is 79.1 Å². The van der Waals surface area contributed by atoms with E-state index in [-0.39, 0.29) is 11.6 Å². The monoisotopic (exact) mass is 790 g/mol. The highest BCUT2D eigenvalue weighted by Gasteiger charge is 2.33. The molecular weight excluding hydrogens is 766 g/mol. The number of hydrogen-bond acceptors (Lipinski definition) is 7. The van der Waals surface area contributed by atoms with Gasteiger partial charge in [0, 0.05) is 21.6 Å². The molecule has 41 heavy (non-hydrogen) atoms. The van der Waals surface area contributed by atoms with Gasteiger partial charge in [0.25, 0.3) is 5.56 Å². The van der Waals surface area contributed by atoms with Crippen LogP contribution in [0.5, 0.6) is 17.2 Å². The second-order valence-corrected chi connectivity index (χ2v) is 13.0. The van der Waals surface area contributed by atoms with Crippen LogP contribution in [0.1, 0.15) is 41.6 Å². The van der Waals surface area contributed by atoms with Crippen LogP contribution in [-0.4, -0.2) is 24.8 Å². The summed E-state index contributed by atoms with van der Waals surface area (Å²) in [5.41, 5.74) is 5.80. The van der Waals surface area contributed by atoms with E-state index >= 15 is 0 Å². The van der Waals surface area contributed by atoms with Gasteiger partial charge in [-0.2, -0.15) is 0 Å². The van der Waals surface area contributed by atoms with Crippen molar-refractivity contribution in [2.75, 3.05) is 14.2 Å². The minimum atomic E-state index is -0.417. The molecule has 2 aliphatic rings. The lowest BCUT2D eigenvalue weighted by Crippen LogP contribution is -2.38. The van der Waals surface area contributed by atoms with Crippen molar-refractivity contribution in [2.24, 2.45) is 4.99 Å². The van der Waals surface area contributed by atoms with Gasteiger partial charge in [-0.1, -0.05) is 41.7 Å². The van der Waals surface area contributed by atoms with E-state index in [9.17, 15) is 9.59 Å². The fourth-order valence-electron chi connectivity index (χ4n) is 5.43. The van der Waals surface area contributed by atoms with Crippen LogP contribution in [0, 0.1) is 7.14 Å². The van der Waals surface area contributed by atoms with E-state index in [1.54, 1.807) is 24.9 Å². The molecular formula is C31H24I2N2O5S. The van der Waals surface area contributed by atoms with Gasteiger partial charge in [-0.25, -0.2) is 4.99 Å². The van der Waals surface area contributed by atoms with Gasteiger partial charge in [0.1, 0.15) is 0 Å². The molecule has 6 rings (SSSR count). The zero-order valence-corrected chi connectivity index (χ0v) is 27.5. The zero-order valence-electron chi connectivity index (χ0n) is 22.4. The lowest BCUT2D eigenvalue weighted by Gasteiger charge is -2.31. The van der Waals surface area contributed by atoms with Crippen molar-refractivity contribution in [3.63, 3.8) is 0 Å². The van der Waals surface area contributed by atoms with Crippen molar-refractivity contribution in [3.05, 3.63) is 109 Å². The van der Waals surface area contributed by atoms with Crippen LogP contribution in [0.3, 0.4) is 0 Å². The van der Waals surface area contributed by atoms with Crippen molar-refractivity contribution < 1.29 is 19.0 Å². The van der Waals surface area contributed by atoms with Gasteiger partial charge < -0.3 is 14.2 Å². The maximum absolute atomic E-state index is 14.2. The van der Waals surface area contributed by atoms with Crippen LogP contribution >= 0.6 is 56.5 Å². The molecule has 0 saturated heterocycles. The molecule has 3 aromatic carbocycles. The zero-order chi connectivity index (χ0) is 28.8. The van der Waals surface area contributed by atoms with Crippen LogP contribution in [-0.2, 0) is 11.2 Å². The van der Waals surface area contributed by atoms with E-state index in [0.717, 1.165) is 42.4 Å². The van der Waals surface area contributed by atoms with E-state index in [2.05, 4.69) is 63.4 Å². The first-order valence-electron chi connectivity index (χ1n) is 12.8. The summed E-state index contributed by atoms with van der Waals surface area (Å²) in [5, 5.41) is 0. The summed E-state index contributed by atoms with van der Waals surface area (Å²) in [6.45, 7) is 1.37. The quantitative estimate of drug-likeness (QED) is 0.152. The minimum Gasteiger partial charge on any atom is -0.493 e. The normalized spacial score (nSPS) is 15.9. The summed E-state index contributed by atoms with van der Waals surface area (Å²) < 4.78 is 20.7. The maximum atomic E-state index is 14.2. The molecule has 0 unspecified atom stereocenters. The average molecular weight is 790 g/mol. The fraction of sp³-hybridized carbons (Fsp3) is 0.194. The number of esters is 1. The standard InChI is InChI=1S/C31H24I2N2O5S/c1-16(36)40-29-19(12-20(32)15-23(29)33)14-26-30(37)35-28(18-9-11-24(38-2)25(13-18)39-3)22-10-8-17-6-4-5-7-21(17)27(22)34-31(35)41-26/h4-7,9,11-15,28H,8,10H2,1-3H3/b26-14+/t28-/m0/s1. The molecule has 1 aliphatic carbocycles. The third kappa shape index (κ3) is 5.14. The number of aromatic nitrogens is 1. The molecule has 0 N–H and O–H groups in total. The van der Waals surface area contributed by atoms with E-state index in [4.69, 9.17) is 19.2 Å². The Balaban J connectivity index is 1.62. The van der Waals surface area contributed by atoms with Crippen molar-refractivity contribution in [3.8, 4) is 17.2 Å². The first-order valence-corrected chi connectivity index (χ1v) is 15.8. The van der Waals surface area contributed by atoms with E-state index < -0.39 is 5.97 Å². The SMILES string of the molecule is COc1ccc([C@H]2C3=C(N=c4s/c(=C/c5cc(I)cc(I)c5OC(C)=O)c(=O)n42)c2ccccc2CC3)cc1OC. The van der Waals surface area contributed by atoms with Gasteiger partial charge in [-0.15, -0.1) is 0 Å². The van der Waals surface area contributed by atoms with Gasteiger partial charge in [0.2, 0.25) is 0 Å². The summed E-state index contributed by atoms with van der Waals surface area (Å²) in [7, 11) is 3.22. The number of hydrogen-bond donors (Lipinski definition) is 0. The fourth-order valence-corrected chi connectivity index (χ4v) is 8.42. The van der Waals surface area contributed by atoms with E-state index in [1.807, 2.05) is 36.4 Å². The molecule has 208 valence electrons. The molecule has 0 radical (unpaired) electrons. The van der Waals surface area contributed by atoms with Gasteiger partial charge >= 0.3 is 5.97 Å². The largest absolute Gasteiger partial charge is 0.493 e. The molecule has 1 aliphatic heterocycles. The van der Waals surface area contributed by atoms with Gasteiger partial charge in [-0.05, 0) is 105 Å². The maximum Gasteiger partial charge on any atom is 0.308 e. The van der Waals surface area contributed by atoms with Crippen LogP contribution < -0.4 is 29.1 Å². The van der Waals surface area contributed by atoms with Gasteiger partial charge in [0.05, 0.1) is 34.1 Å². The highest BCUT2D eigenvalue weighted by atomic mass is 127. The predicted octanol–water partition coefficient (Wildman–Crippen LogP) is 5.47. The van der Waals surface area contributed by atoms with Crippen molar-refractivity contribution in [1.29, 1.82) is 0 Å². The number of methoxy groups -OCH3 is 2. The number of halogens is 2. The van der Waals surface area contributed by atoms with Crippen LogP contribution in [0.15, 0.2) is 70.0 Å². The van der Waals surface area contributed by atoms with Crippen molar-refractivity contribution in [1.82, 2.24) is 4.57 Å². The van der Waals surface area contributed by atoms with Crippen LogP contribution in [0.4, 0.5) is 0 Å². The molecule has 2 heterocycles. The number of carbonyl (C=O) groups is 1. The predicted molar refractivity (Wildman–Crippen MR) is 175 cm³/mol. The molecule has 7 nitrogen and oxygen atoms in total. The Hall–Kier alpha value is -2.97. The number of thiazole rings is 1. The molecule has 0 spiro atoms. The number of fused-ring (bicyclic) bond motifs is 3. The summed E-state index contributed by atoms with van der Waals surface area (Å²) in [6, 6.07) is 17.6. The summed E-state index contributed by atoms with van der Waals surface area (Å²) in [5.74, 6) is 1.24. The Morgan fingerprint density at radius 3 is 2.59 bits per heavy atom. The lowest BCUT2D eigenvalue weighted by atomic mass is 9.83. The summed E-state index contributed by atoms with van der Waals surface area (Å²) in [4.78, 5) is 31.8. The first kappa shape index (κ1) is 28.2. The lowest BCUT2D eigenvalue weighted by molar-refractivity contribution is -0.131. The Bertz CT molecular complexity index is 1940. The first-order chi connectivity index (χ1) is 19.8. The third-order valence-electron chi connectivity index (χ3n) is 7.17. The molecule has 0 amide bonds. The van der Waals surface area contributed by atoms with Crippen molar-refractivity contribution in [2.45, 2.75) is 25.8 Å². The number of carbonyl (C=O) groups excluding carboxylic acids is 1. The number of benzene rings is 3. The van der Waals surface area contributed by atoms with E-state index in [1.165, 1.54) is 23.8 Å². The Morgan fingerprint density at radius 1 is 1.05 bits per heavy atom. The highest BCUT2D eigenvalue weighted by Crippen LogP contribution is 2.42. The van der Waals surface area contributed by atoms with Gasteiger partial charge in [0.15, 0.2) is 22.0 Å². The molecule has 1 atom stereocenters. The highest BCUT2D eigenvalue weighted by molar-refractivity contribution is 14.1. The Morgan fingerprint density at radius 2 is 1.83 bits per heavy atom. The molecule has 0 fully saturated rings. The Labute approximate surface area is 267 Å². The number of allylic oxidation sites excluding steroid dienone is 1. The molecule has 0 bridgehead atoms. The third-order valence-corrected chi connectivity index (χ3v) is 9.57. The number of nitrogens with zero attached hydrogens (tertiary/aromatic N) is 2. The summed E-state index contributed by atoms with van der Waals surface area (Å²) >= 11 is 5.71. The number of ether oxygens (including phenoxy) is 3. The molecule has 0 saturated carbocycles. The molecule has 1 aromatic heterocycles. The van der Waals surface area contributed by atoms with Gasteiger partial charge in [-0.3, -0.25) is 14.2 Å². The Kier molecular flexibility index (Phi) is 7.81. The van der Waals surface area contributed by atoms with Crippen LogP contribution in [0.2, 0.25) is 0 Å². The molecule has 4 aromatic rings. The minimum absolute atomic E-state index is 0.151.